The molecule has 1 N–H and O–H groups in total. The number of nitrogens with one attached hydrogen (secondary N) is 1. The van der Waals surface area contributed by atoms with Gasteiger partial charge in [-0.25, -0.2) is 0 Å². The van der Waals surface area contributed by atoms with Crippen molar-refractivity contribution >= 4 is 5.97 Å². The van der Waals surface area contributed by atoms with Crippen LogP contribution in [-0.2, 0) is 9.53 Å². The van der Waals surface area contributed by atoms with Crippen LogP contribution < -0.4 is 5.32 Å². The van der Waals surface area contributed by atoms with E-state index in [-0.39, 0.29) is 5.97 Å². The van der Waals surface area contributed by atoms with Crippen LogP contribution in [0.3, 0.4) is 0 Å². The standard InChI is InChI=1S/C12H24N2O2/c1-2-11-16-12(15)5-6-13-7-10-14-8-3-4-9-14/h13H,2-11H2,1H3. The lowest BCUT2D eigenvalue weighted by Crippen LogP contribution is -2.31. The second-order valence-electron chi connectivity index (χ2n) is 4.27. The Morgan fingerprint density at radius 3 is 2.75 bits per heavy atom. The minimum Gasteiger partial charge on any atom is -0.466 e. The van der Waals surface area contributed by atoms with Crippen LogP contribution in [0.5, 0.6) is 0 Å². The summed E-state index contributed by atoms with van der Waals surface area (Å²) < 4.78 is 4.98. The van der Waals surface area contributed by atoms with Gasteiger partial charge in [0.05, 0.1) is 13.0 Å². The summed E-state index contributed by atoms with van der Waals surface area (Å²) in [5.41, 5.74) is 0. The molecule has 0 atom stereocenters. The number of nitrogens with zero attached hydrogens (tertiary/aromatic N) is 1. The van der Waals surface area contributed by atoms with Gasteiger partial charge in [0.1, 0.15) is 0 Å². The van der Waals surface area contributed by atoms with E-state index in [1.165, 1.54) is 25.9 Å². The summed E-state index contributed by atoms with van der Waals surface area (Å²) in [5.74, 6) is -0.0875. The van der Waals surface area contributed by atoms with Crippen LogP contribution in [0.25, 0.3) is 0 Å². The summed E-state index contributed by atoms with van der Waals surface area (Å²) in [4.78, 5) is 13.6. The van der Waals surface area contributed by atoms with Crippen molar-refractivity contribution in [3.63, 3.8) is 0 Å². The molecule has 0 unspecified atom stereocenters. The topological polar surface area (TPSA) is 41.6 Å². The predicted octanol–water partition coefficient (Wildman–Crippen LogP) is 1.02. The summed E-state index contributed by atoms with van der Waals surface area (Å²) in [6.07, 6.45) is 4.06. The third-order valence-corrected chi connectivity index (χ3v) is 2.78. The van der Waals surface area contributed by atoms with E-state index in [1.54, 1.807) is 0 Å². The average Bonchev–Trinajstić information content (AvgIpc) is 2.79. The lowest BCUT2D eigenvalue weighted by atomic mass is 10.4. The van der Waals surface area contributed by atoms with Crippen molar-refractivity contribution in [1.29, 1.82) is 0 Å². The average molecular weight is 228 g/mol. The van der Waals surface area contributed by atoms with Crippen LogP contribution in [0.1, 0.15) is 32.6 Å². The Labute approximate surface area is 98.3 Å². The van der Waals surface area contributed by atoms with E-state index in [9.17, 15) is 4.79 Å². The van der Waals surface area contributed by atoms with Gasteiger partial charge in [-0.1, -0.05) is 6.92 Å². The quantitative estimate of drug-likeness (QED) is 0.497. The van der Waals surface area contributed by atoms with Crippen LogP contribution in [0.4, 0.5) is 0 Å². The molecule has 0 amide bonds. The molecule has 0 bridgehead atoms. The maximum atomic E-state index is 11.1. The first-order valence-electron chi connectivity index (χ1n) is 6.41. The van der Waals surface area contributed by atoms with Crippen molar-refractivity contribution in [3.05, 3.63) is 0 Å². The summed E-state index contributed by atoms with van der Waals surface area (Å²) in [6.45, 7) is 7.83. The third-order valence-electron chi connectivity index (χ3n) is 2.78. The molecule has 0 spiro atoms. The maximum absolute atomic E-state index is 11.1. The van der Waals surface area contributed by atoms with Crippen LogP contribution in [0.15, 0.2) is 0 Å². The number of esters is 1. The molecule has 0 saturated carbocycles. The van der Waals surface area contributed by atoms with Gasteiger partial charge in [-0.2, -0.15) is 0 Å². The van der Waals surface area contributed by atoms with Crippen molar-refractivity contribution in [2.75, 3.05) is 39.3 Å². The summed E-state index contributed by atoms with van der Waals surface area (Å²) in [5, 5.41) is 3.28. The predicted molar refractivity (Wildman–Crippen MR) is 64.4 cm³/mol. The van der Waals surface area contributed by atoms with Crippen LogP contribution in [0, 0.1) is 0 Å². The summed E-state index contributed by atoms with van der Waals surface area (Å²) >= 11 is 0. The zero-order chi connectivity index (χ0) is 11.6. The van der Waals surface area contributed by atoms with Gasteiger partial charge in [-0.3, -0.25) is 4.79 Å². The van der Waals surface area contributed by atoms with Gasteiger partial charge in [-0.15, -0.1) is 0 Å². The molecule has 0 aromatic carbocycles. The summed E-state index contributed by atoms with van der Waals surface area (Å²) in [7, 11) is 0. The Morgan fingerprint density at radius 2 is 2.06 bits per heavy atom. The van der Waals surface area contributed by atoms with Crippen molar-refractivity contribution in [2.45, 2.75) is 32.6 Å². The molecular weight excluding hydrogens is 204 g/mol. The molecular formula is C12H24N2O2. The minimum atomic E-state index is -0.0875. The summed E-state index contributed by atoms with van der Waals surface area (Å²) in [6, 6.07) is 0. The highest BCUT2D eigenvalue weighted by Crippen LogP contribution is 2.05. The van der Waals surface area contributed by atoms with Gasteiger partial charge < -0.3 is 15.0 Å². The number of likely N-dealkylation sites (tertiary alicyclic amines) is 1. The highest BCUT2D eigenvalue weighted by atomic mass is 16.5. The van der Waals surface area contributed by atoms with Gasteiger partial charge >= 0.3 is 5.97 Å². The molecule has 1 heterocycles. The first kappa shape index (κ1) is 13.5. The van der Waals surface area contributed by atoms with Gasteiger partial charge in [0.25, 0.3) is 0 Å². The lowest BCUT2D eigenvalue weighted by molar-refractivity contribution is -0.143. The van der Waals surface area contributed by atoms with Gasteiger partial charge in [-0.05, 0) is 32.4 Å². The van der Waals surface area contributed by atoms with Crippen molar-refractivity contribution in [1.82, 2.24) is 10.2 Å². The molecule has 16 heavy (non-hydrogen) atoms. The van der Waals surface area contributed by atoms with E-state index < -0.39 is 0 Å². The fraction of sp³-hybridized carbons (Fsp3) is 0.917. The zero-order valence-electron chi connectivity index (χ0n) is 10.3. The lowest BCUT2D eigenvalue weighted by Gasteiger charge is -2.14. The van der Waals surface area contributed by atoms with Crippen LogP contribution in [0.2, 0.25) is 0 Å². The zero-order valence-corrected chi connectivity index (χ0v) is 10.3. The second-order valence-corrected chi connectivity index (χ2v) is 4.27. The van der Waals surface area contributed by atoms with E-state index in [0.29, 0.717) is 13.0 Å². The monoisotopic (exact) mass is 228 g/mol. The molecule has 1 aliphatic heterocycles. The first-order chi connectivity index (χ1) is 7.83. The molecule has 4 heteroatoms. The number of hydrogen-bond acceptors (Lipinski definition) is 4. The van der Waals surface area contributed by atoms with E-state index in [1.807, 2.05) is 6.92 Å². The fourth-order valence-corrected chi connectivity index (χ4v) is 1.85. The Hall–Kier alpha value is -0.610. The number of carbonyl (C=O) groups excluding carboxylic acids is 1. The largest absolute Gasteiger partial charge is 0.466 e. The molecule has 0 aliphatic carbocycles. The number of carbonyl (C=O) groups is 1. The normalized spacial score (nSPS) is 16.6. The molecule has 4 nitrogen and oxygen atoms in total. The van der Waals surface area contributed by atoms with E-state index in [2.05, 4.69) is 10.2 Å². The first-order valence-corrected chi connectivity index (χ1v) is 6.41. The Bertz CT molecular complexity index is 191. The molecule has 94 valence electrons. The molecule has 1 fully saturated rings. The van der Waals surface area contributed by atoms with Crippen molar-refractivity contribution in [3.8, 4) is 0 Å². The molecule has 1 aliphatic rings. The number of hydrogen-bond donors (Lipinski definition) is 1. The van der Waals surface area contributed by atoms with Crippen LogP contribution in [-0.4, -0.2) is 50.2 Å². The highest BCUT2D eigenvalue weighted by Gasteiger charge is 2.10. The smallest absolute Gasteiger partial charge is 0.307 e. The van der Waals surface area contributed by atoms with E-state index >= 15 is 0 Å². The molecule has 1 saturated heterocycles. The molecule has 0 aromatic rings. The SMILES string of the molecule is CCCOC(=O)CCNCCN1CCCC1. The number of rotatable bonds is 8. The molecule has 0 aromatic heterocycles. The van der Waals surface area contributed by atoms with Crippen molar-refractivity contribution in [2.24, 2.45) is 0 Å². The van der Waals surface area contributed by atoms with Crippen LogP contribution >= 0.6 is 0 Å². The Morgan fingerprint density at radius 1 is 1.31 bits per heavy atom. The Balaban J connectivity index is 1.85. The number of ether oxygens (including phenoxy) is 1. The van der Waals surface area contributed by atoms with Crippen molar-refractivity contribution < 1.29 is 9.53 Å². The van der Waals surface area contributed by atoms with E-state index in [4.69, 9.17) is 4.74 Å². The fourth-order valence-electron chi connectivity index (χ4n) is 1.85. The van der Waals surface area contributed by atoms with Gasteiger partial charge in [0.2, 0.25) is 0 Å². The van der Waals surface area contributed by atoms with E-state index in [0.717, 1.165) is 26.1 Å². The minimum absolute atomic E-state index is 0.0875. The maximum Gasteiger partial charge on any atom is 0.307 e. The highest BCUT2D eigenvalue weighted by molar-refractivity contribution is 5.69. The van der Waals surface area contributed by atoms with Gasteiger partial charge in [0, 0.05) is 19.6 Å². The third kappa shape index (κ3) is 6.08. The second kappa shape index (κ2) is 8.53. The molecule has 1 rings (SSSR count). The Kier molecular flexibility index (Phi) is 7.17. The van der Waals surface area contributed by atoms with Gasteiger partial charge in [0.15, 0.2) is 0 Å². The molecule has 0 radical (unpaired) electrons.